The summed E-state index contributed by atoms with van der Waals surface area (Å²) in [4.78, 5) is 12.3. The van der Waals surface area contributed by atoms with Gasteiger partial charge in [-0.05, 0) is 37.0 Å². The summed E-state index contributed by atoms with van der Waals surface area (Å²) in [5, 5.41) is 0. The van der Waals surface area contributed by atoms with Crippen LogP contribution in [0.15, 0.2) is 65.6 Å². The number of rotatable bonds is 10. The first-order valence-electron chi connectivity index (χ1n) is 8.54. The zero-order chi connectivity index (χ0) is 18.8. The molecule has 2 aromatic carbocycles. The van der Waals surface area contributed by atoms with Crippen LogP contribution in [0.4, 0.5) is 0 Å². The fourth-order valence-electron chi connectivity index (χ4n) is 2.53. The minimum atomic E-state index is -3.45. The minimum Gasteiger partial charge on any atom is -0.464 e. The molecule has 0 fully saturated rings. The highest BCUT2D eigenvalue weighted by Gasteiger charge is 2.23. The number of carbonyl (C=O) groups is 1. The van der Waals surface area contributed by atoms with Crippen molar-refractivity contribution >= 4 is 15.8 Å². The Hall–Kier alpha value is -2.18. The van der Waals surface area contributed by atoms with Gasteiger partial charge >= 0.3 is 5.97 Å². The van der Waals surface area contributed by atoms with Gasteiger partial charge in [-0.25, -0.2) is 13.2 Å². The summed E-state index contributed by atoms with van der Waals surface area (Å²) in [5.41, 5.74) is 1.18. The van der Waals surface area contributed by atoms with Crippen LogP contribution in [0.3, 0.4) is 0 Å². The Morgan fingerprint density at radius 3 is 2.23 bits per heavy atom. The Morgan fingerprint density at radius 2 is 1.62 bits per heavy atom. The second-order valence-corrected chi connectivity index (χ2v) is 8.01. The van der Waals surface area contributed by atoms with Crippen LogP contribution < -0.4 is 0 Å². The van der Waals surface area contributed by atoms with Crippen LogP contribution in [0.2, 0.25) is 0 Å². The molecule has 0 aliphatic heterocycles. The summed E-state index contributed by atoms with van der Waals surface area (Å²) in [7, 11) is -2.07. The maximum absolute atomic E-state index is 12.3. The van der Waals surface area contributed by atoms with E-state index in [0.717, 1.165) is 6.42 Å². The van der Waals surface area contributed by atoms with Crippen molar-refractivity contribution in [3.8, 4) is 0 Å². The maximum Gasteiger partial charge on any atom is 0.335 e. The van der Waals surface area contributed by atoms with Gasteiger partial charge in [0.15, 0.2) is 15.9 Å². The molecule has 0 N–H and O–H groups in total. The standard InChI is InChI=1S/C20H24O5S/c1-24-19(14-16-26(22,23)18-12-6-3-7-13-18)20(21)25-15-8-11-17-9-4-2-5-10-17/h2-7,9-10,12-13,19H,8,11,14-16H2,1H3. The van der Waals surface area contributed by atoms with Crippen molar-refractivity contribution in [2.75, 3.05) is 19.5 Å². The second kappa shape index (κ2) is 10.1. The second-order valence-electron chi connectivity index (χ2n) is 5.90. The molecule has 1 atom stereocenters. The Kier molecular flexibility index (Phi) is 7.81. The van der Waals surface area contributed by atoms with Gasteiger partial charge in [-0.3, -0.25) is 0 Å². The van der Waals surface area contributed by atoms with Gasteiger partial charge in [0, 0.05) is 7.11 Å². The van der Waals surface area contributed by atoms with Gasteiger partial charge in [0.25, 0.3) is 0 Å². The molecule has 2 aromatic rings. The van der Waals surface area contributed by atoms with E-state index in [-0.39, 0.29) is 23.7 Å². The lowest BCUT2D eigenvalue weighted by Gasteiger charge is -2.14. The molecule has 0 spiro atoms. The third-order valence-corrected chi connectivity index (χ3v) is 5.76. The molecule has 140 valence electrons. The van der Waals surface area contributed by atoms with Crippen molar-refractivity contribution in [2.24, 2.45) is 0 Å². The maximum atomic E-state index is 12.3. The molecule has 0 radical (unpaired) electrons. The third kappa shape index (κ3) is 6.28. The molecule has 0 aromatic heterocycles. The Bertz CT molecular complexity index is 772. The number of aryl methyl sites for hydroxylation is 1. The van der Waals surface area contributed by atoms with Gasteiger partial charge < -0.3 is 9.47 Å². The zero-order valence-electron chi connectivity index (χ0n) is 14.8. The Balaban J connectivity index is 1.77. The molecule has 0 amide bonds. The van der Waals surface area contributed by atoms with E-state index < -0.39 is 21.9 Å². The van der Waals surface area contributed by atoms with Crippen molar-refractivity contribution in [1.82, 2.24) is 0 Å². The van der Waals surface area contributed by atoms with Crippen LogP contribution >= 0.6 is 0 Å². The molecule has 0 saturated heterocycles. The Labute approximate surface area is 154 Å². The number of carbonyl (C=O) groups excluding carboxylic acids is 1. The van der Waals surface area contributed by atoms with Crippen LogP contribution in [0.1, 0.15) is 18.4 Å². The lowest BCUT2D eigenvalue weighted by Crippen LogP contribution is -2.28. The first-order valence-corrected chi connectivity index (χ1v) is 10.2. The predicted octanol–water partition coefficient (Wildman–Crippen LogP) is 3.04. The van der Waals surface area contributed by atoms with Crippen molar-refractivity contribution in [2.45, 2.75) is 30.3 Å². The lowest BCUT2D eigenvalue weighted by molar-refractivity contribution is -0.155. The van der Waals surface area contributed by atoms with Gasteiger partial charge in [0.05, 0.1) is 17.3 Å². The van der Waals surface area contributed by atoms with E-state index in [2.05, 4.69) is 0 Å². The first-order chi connectivity index (χ1) is 12.5. The normalized spacial score (nSPS) is 12.5. The van der Waals surface area contributed by atoms with E-state index in [4.69, 9.17) is 9.47 Å². The highest BCUT2D eigenvalue weighted by molar-refractivity contribution is 7.91. The first kappa shape index (κ1) is 20.1. The molecule has 6 heteroatoms. The monoisotopic (exact) mass is 376 g/mol. The molecule has 1 unspecified atom stereocenters. The highest BCUT2D eigenvalue weighted by Crippen LogP contribution is 2.13. The average molecular weight is 376 g/mol. The molecule has 0 heterocycles. The molecular formula is C20H24O5S. The summed E-state index contributed by atoms with van der Waals surface area (Å²) in [6.07, 6.45) is 0.693. The van der Waals surface area contributed by atoms with E-state index in [9.17, 15) is 13.2 Å². The predicted molar refractivity (Wildman–Crippen MR) is 99.6 cm³/mol. The largest absolute Gasteiger partial charge is 0.464 e. The highest BCUT2D eigenvalue weighted by atomic mass is 32.2. The molecule has 2 rings (SSSR count). The van der Waals surface area contributed by atoms with Crippen molar-refractivity contribution in [1.29, 1.82) is 0 Å². The molecule has 0 aliphatic rings. The molecule has 26 heavy (non-hydrogen) atoms. The van der Waals surface area contributed by atoms with Gasteiger partial charge in [0.2, 0.25) is 0 Å². The number of sulfone groups is 1. The van der Waals surface area contributed by atoms with Gasteiger partial charge in [0.1, 0.15) is 0 Å². The number of benzene rings is 2. The van der Waals surface area contributed by atoms with Crippen molar-refractivity contribution in [3.63, 3.8) is 0 Å². The number of ether oxygens (including phenoxy) is 2. The molecule has 5 nitrogen and oxygen atoms in total. The third-order valence-electron chi connectivity index (χ3n) is 4.00. The number of hydrogen-bond acceptors (Lipinski definition) is 5. The summed E-state index contributed by atoms with van der Waals surface area (Å²) >= 11 is 0. The fourth-order valence-corrected chi connectivity index (χ4v) is 3.86. The summed E-state index contributed by atoms with van der Waals surface area (Å²) < 4.78 is 34.9. The van der Waals surface area contributed by atoms with Crippen LogP contribution in [0.5, 0.6) is 0 Å². The smallest absolute Gasteiger partial charge is 0.335 e. The van der Waals surface area contributed by atoms with E-state index in [1.54, 1.807) is 30.3 Å². The van der Waals surface area contributed by atoms with E-state index in [1.165, 1.54) is 12.7 Å². The van der Waals surface area contributed by atoms with E-state index >= 15 is 0 Å². The van der Waals surface area contributed by atoms with Crippen molar-refractivity contribution < 1.29 is 22.7 Å². The summed E-state index contributed by atoms with van der Waals surface area (Å²) in [5.74, 6) is -0.696. The van der Waals surface area contributed by atoms with Crippen LogP contribution in [0.25, 0.3) is 0 Å². The minimum absolute atomic E-state index is 0.0608. The summed E-state index contributed by atoms with van der Waals surface area (Å²) in [6, 6.07) is 18.1. The van der Waals surface area contributed by atoms with Crippen LogP contribution in [-0.4, -0.2) is 40.0 Å². The quantitative estimate of drug-likeness (QED) is 0.471. The topological polar surface area (TPSA) is 69.7 Å². The lowest BCUT2D eigenvalue weighted by atomic mass is 10.1. The SMILES string of the molecule is COC(CCS(=O)(=O)c1ccccc1)C(=O)OCCCc1ccccc1. The van der Waals surface area contributed by atoms with Crippen LogP contribution in [0, 0.1) is 0 Å². The summed E-state index contributed by atoms with van der Waals surface area (Å²) in [6.45, 7) is 0.277. The van der Waals surface area contributed by atoms with E-state index in [0.29, 0.717) is 6.42 Å². The zero-order valence-corrected chi connectivity index (χ0v) is 15.7. The molecule has 0 aliphatic carbocycles. The van der Waals surface area contributed by atoms with Gasteiger partial charge in [-0.1, -0.05) is 48.5 Å². The van der Waals surface area contributed by atoms with Crippen molar-refractivity contribution in [3.05, 3.63) is 66.2 Å². The molecule has 0 saturated carbocycles. The number of hydrogen-bond donors (Lipinski definition) is 0. The number of methoxy groups -OCH3 is 1. The van der Waals surface area contributed by atoms with Crippen LogP contribution in [-0.2, 0) is 30.5 Å². The van der Waals surface area contributed by atoms with Gasteiger partial charge in [-0.15, -0.1) is 0 Å². The molecular weight excluding hydrogens is 352 g/mol. The molecule has 0 bridgehead atoms. The van der Waals surface area contributed by atoms with E-state index in [1.807, 2.05) is 30.3 Å². The fraction of sp³-hybridized carbons (Fsp3) is 0.350. The van der Waals surface area contributed by atoms with Gasteiger partial charge in [-0.2, -0.15) is 0 Å². The number of esters is 1. The Morgan fingerprint density at radius 1 is 1.00 bits per heavy atom. The average Bonchev–Trinajstić information content (AvgIpc) is 2.67.